The molecule has 1 heterocycles. The Balaban J connectivity index is 2.77. The first kappa shape index (κ1) is 13.4. The molecule has 1 aromatic rings. The Morgan fingerprint density at radius 3 is 2.29 bits per heavy atom. The fourth-order valence-electron chi connectivity index (χ4n) is 1.58. The van der Waals surface area contributed by atoms with Crippen molar-refractivity contribution in [1.82, 2.24) is 14.9 Å². The van der Waals surface area contributed by atoms with Crippen molar-refractivity contribution in [1.29, 1.82) is 0 Å². The number of nitrogens with zero attached hydrogens (tertiary/aromatic N) is 3. The summed E-state index contributed by atoms with van der Waals surface area (Å²) in [5, 5.41) is 2.87. The molecule has 0 saturated heterocycles. The summed E-state index contributed by atoms with van der Waals surface area (Å²) in [7, 11) is 1.77. The second-order valence-corrected chi connectivity index (χ2v) is 3.83. The van der Waals surface area contributed by atoms with Gasteiger partial charge in [-0.3, -0.25) is 4.79 Å². The number of amides is 1. The molecular weight excluding hydrogens is 216 g/mol. The lowest BCUT2D eigenvalue weighted by atomic mass is 10.3. The van der Waals surface area contributed by atoms with E-state index in [1.165, 1.54) is 6.20 Å². The minimum absolute atomic E-state index is 0.0381. The SMILES string of the molecule is CCCN(CCC)C(=O)c1cnc(NC)cn1. The van der Waals surface area contributed by atoms with E-state index in [2.05, 4.69) is 29.1 Å². The van der Waals surface area contributed by atoms with E-state index >= 15 is 0 Å². The van der Waals surface area contributed by atoms with E-state index in [-0.39, 0.29) is 5.91 Å². The second-order valence-electron chi connectivity index (χ2n) is 3.83. The molecule has 94 valence electrons. The zero-order chi connectivity index (χ0) is 12.7. The number of hydrogen-bond acceptors (Lipinski definition) is 4. The van der Waals surface area contributed by atoms with Gasteiger partial charge in [0, 0.05) is 20.1 Å². The van der Waals surface area contributed by atoms with Crippen LogP contribution in [0.3, 0.4) is 0 Å². The molecule has 17 heavy (non-hydrogen) atoms. The maximum absolute atomic E-state index is 12.1. The van der Waals surface area contributed by atoms with Crippen LogP contribution in [0.1, 0.15) is 37.2 Å². The molecule has 5 nitrogen and oxygen atoms in total. The van der Waals surface area contributed by atoms with E-state index in [1.807, 2.05) is 4.90 Å². The molecule has 0 radical (unpaired) electrons. The number of nitrogens with one attached hydrogen (secondary N) is 1. The number of hydrogen-bond donors (Lipinski definition) is 1. The third kappa shape index (κ3) is 3.69. The van der Waals surface area contributed by atoms with Gasteiger partial charge in [0.05, 0.1) is 12.4 Å². The van der Waals surface area contributed by atoms with Crippen molar-refractivity contribution in [3.8, 4) is 0 Å². The molecular formula is C12H20N4O. The lowest BCUT2D eigenvalue weighted by molar-refractivity contribution is 0.0749. The predicted octanol–water partition coefficient (Wildman–Crippen LogP) is 1.78. The first-order valence-electron chi connectivity index (χ1n) is 6.02. The van der Waals surface area contributed by atoms with Gasteiger partial charge >= 0.3 is 0 Å². The van der Waals surface area contributed by atoms with Gasteiger partial charge in [-0.15, -0.1) is 0 Å². The van der Waals surface area contributed by atoms with E-state index in [4.69, 9.17) is 0 Å². The first-order chi connectivity index (χ1) is 8.22. The van der Waals surface area contributed by atoms with Crippen molar-refractivity contribution in [3.63, 3.8) is 0 Å². The van der Waals surface area contributed by atoms with Crippen LogP contribution in [0.15, 0.2) is 12.4 Å². The molecule has 5 heteroatoms. The third-order valence-electron chi connectivity index (χ3n) is 2.40. The summed E-state index contributed by atoms with van der Waals surface area (Å²) in [4.78, 5) is 22.2. The third-order valence-corrected chi connectivity index (χ3v) is 2.40. The molecule has 1 aromatic heterocycles. The number of rotatable bonds is 6. The maximum Gasteiger partial charge on any atom is 0.274 e. The van der Waals surface area contributed by atoms with E-state index < -0.39 is 0 Å². The highest BCUT2D eigenvalue weighted by molar-refractivity contribution is 5.92. The van der Waals surface area contributed by atoms with Crippen molar-refractivity contribution in [2.24, 2.45) is 0 Å². The quantitative estimate of drug-likeness (QED) is 0.818. The molecule has 0 aliphatic rings. The monoisotopic (exact) mass is 236 g/mol. The summed E-state index contributed by atoms with van der Waals surface area (Å²) in [5.41, 5.74) is 0.408. The first-order valence-corrected chi connectivity index (χ1v) is 6.02. The molecule has 0 aliphatic carbocycles. The molecule has 0 bridgehead atoms. The summed E-state index contributed by atoms with van der Waals surface area (Å²) < 4.78 is 0. The zero-order valence-corrected chi connectivity index (χ0v) is 10.7. The maximum atomic E-state index is 12.1. The van der Waals surface area contributed by atoms with Crippen LogP contribution in [0.5, 0.6) is 0 Å². The van der Waals surface area contributed by atoms with Gasteiger partial charge in [0.2, 0.25) is 0 Å². The van der Waals surface area contributed by atoms with Crippen LogP contribution >= 0.6 is 0 Å². The summed E-state index contributed by atoms with van der Waals surface area (Å²) >= 11 is 0. The van der Waals surface area contributed by atoms with E-state index in [0.29, 0.717) is 11.5 Å². The Labute approximate surface area is 102 Å². The molecule has 0 aliphatic heterocycles. The Bertz CT molecular complexity index is 344. The normalized spacial score (nSPS) is 10.1. The summed E-state index contributed by atoms with van der Waals surface area (Å²) in [6, 6.07) is 0. The van der Waals surface area contributed by atoms with Crippen molar-refractivity contribution in [2.45, 2.75) is 26.7 Å². The minimum Gasteiger partial charge on any atom is -0.372 e. The van der Waals surface area contributed by atoms with Gasteiger partial charge in [-0.05, 0) is 12.8 Å². The van der Waals surface area contributed by atoms with Crippen molar-refractivity contribution >= 4 is 11.7 Å². The Morgan fingerprint density at radius 1 is 1.24 bits per heavy atom. The second kappa shape index (κ2) is 6.83. The van der Waals surface area contributed by atoms with Crippen molar-refractivity contribution in [2.75, 3.05) is 25.5 Å². The van der Waals surface area contributed by atoms with Crippen LogP contribution in [0.4, 0.5) is 5.82 Å². The largest absolute Gasteiger partial charge is 0.372 e. The highest BCUT2D eigenvalue weighted by atomic mass is 16.2. The topological polar surface area (TPSA) is 58.1 Å². The molecule has 0 atom stereocenters. The molecule has 1 rings (SSSR count). The standard InChI is InChI=1S/C12H20N4O/c1-4-6-16(7-5-2)12(17)10-8-15-11(13-3)9-14-10/h8-9H,4-7H2,1-3H3,(H,13,15). The van der Waals surface area contributed by atoms with E-state index in [0.717, 1.165) is 25.9 Å². The van der Waals surface area contributed by atoms with Crippen LogP contribution in [0.25, 0.3) is 0 Å². The highest BCUT2D eigenvalue weighted by Crippen LogP contribution is 2.05. The number of aromatic nitrogens is 2. The Morgan fingerprint density at radius 2 is 1.88 bits per heavy atom. The lowest BCUT2D eigenvalue weighted by Crippen LogP contribution is -2.33. The van der Waals surface area contributed by atoms with Crippen LogP contribution in [-0.4, -0.2) is 40.9 Å². The minimum atomic E-state index is -0.0381. The molecule has 1 N–H and O–H groups in total. The number of carbonyl (C=O) groups excluding carboxylic acids is 1. The summed E-state index contributed by atoms with van der Waals surface area (Å²) in [6.45, 7) is 5.65. The molecule has 0 aromatic carbocycles. The van der Waals surface area contributed by atoms with Gasteiger partial charge in [-0.2, -0.15) is 0 Å². The van der Waals surface area contributed by atoms with Crippen molar-refractivity contribution in [3.05, 3.63) is 18.1 Å². The smallest absolute Gasteiger partial charge is 0.274 e. The molecule has 0 unspecified atom stereocenters. The van der Waals surface area contributed by atoms with Crippen LogP contribution in [-0.2, 0) is 0 Å². The fraction of sp³-hybridized carbons (Fsp3) is 0.583. The summed E-state index contributed by atoms with van der Waals surface area (Å²) in [6.07, 6.45) is 5.00. The average molecular weight is 236 g/mol. The van der Waals surface area contributed by atoms with Crippen molar-refractivity contribution < 1.29 is 4.79 Å². The van der Waals surface area contributed by atoms with Gasteiger partial charge < -0.3 is 10.2 Å². The van der Waals surface area contributed by atoms with Gasteiger partial charge in [-0.25, -0.2) is 9.97 Å². The number of carbonyl (C=O) groups is 1. The summed E-state index contributed by atoms with van der Waals surface area (Å²) in [5.74, 6) is 0.628. The Kier molecular flexibility index (Phi) is 5.39. The molecule has 1 amide bonds. The highest BCUT2D eigenvalue weighted by Gasteiger charge is 2.15. The van der Waals surface area contributed by atoms with E-state index in [1.54, 1.807) is 13.2 Å². The Hall–Kier alpha value is -1.65. The molecule has 0 spiro atoms. The van der Waals surface area contributed by atoms with Crippen LogP contribution in [0, 0.1) is 0 Å². The molecule has 0 fully saturated rings. The van der Waals surface area contributed by atoms with Gasteiger partial charge in [0.15, 0.2) is 0 Å². The van der Waals surface area contributed by atoms with Gasteiger partial charge in [0.25, 0.3) is 5.91 Å². The zero-order valence-electron chi connectivity index (χ0n) is 10.7. The predicted molar refractivity (Wildman–Crippen MR) is 68.1 cm³/mol. The van der Waals surface area contributed by atoms with Gasteiger partial charge in [-0.1, -0.05) is 13.8 Å². The van der Waals surface area contributed by atoms with Gasteiger partial charge in [0.1, 0.15) is 11.5 Å². The van der Waals surface area contributed by atoms with Crippen LogP contribution in [0.2, 0.25) is 0 Å². The average Bonchev–Trinajstić information content (AvgIpc) is 2.38. The van der Waals surface area contributed by atoms with Crippen LogP contribution < -0.4 is 5.32 Å². The molecule has 0 saturated carbocycles. The lowest BCUT2D eigenvalue weighted by Gasteiger charge is -2.20. The number of anilines is 1. The van der Waals surface area contributed by atoms with E-state index in [9.17, 15) is 4.79 Å². The fourth-order valence-corrected chi connectivity index (χ4v) is 1.58.